The predicted octanol–water partition coefficient (Wildman–Crippen LogP) is 32.3. The van der Waals surface area contributed by atoms with E-state index in [9.17, 15) is 0 Å². The van der Waals surface area contributed by atoms with Crippen molar-refractivity contribution in [1.82, 2.24) is 0 Å². The molecule has 0 aliphatic carbocycles. The van der Waals surface area contributed by atoms with E-state index in [1.54, 1.807) is 11.8 Å². The van der Waals surface area contributed by atoms with Gasteiger partial charge in [-0.1, -0.05) is 232 Å². The summed E-state index contributed by atoms with van der Waals surface area (Å²) in [6, 6.07) is 65.8. The molecule has 0 nitrogen and oxygen atoms in total. The second-order valence-electron chi connectivity index (χ2n) is 30.2. The molecule has 0 unspecified atom stereocenters. The molecule has 0 aliphatic heterocycles. The van der Waals surface area contributed by atoms with Gasteiger partial charge in [0.1, 0.15) is 0 Å². The van der Waals surface area contributed by atoms with Gasteiger partial charge in [0.25, 0.3) is 0 Å². The summed E-state index contributed by atoms with van der Waals surface area (Å²) in [6.45, 7) is 66.1. The third-order valence-corrected chi connectivity index (χ3v) is 28.9. The van der Waals surface area contributed by atoms with Crippen molar-refractivity contribution in [3.8, 4) is 0 Å². The van der Waals surface area contributed by atoms with E-state index in [0.717, 1.165) is 0 Å². The number of aryl methyl sites for hydroxylation is 24. The van der Waals surface area contributed by atoms with Crippen molar-refractivity contribution < 1.29 is 0 Å². The highest BCUT2D eigenvalue weighted by atomic mass is 32.2. The van der Waals surface area contributed by atoms with E-state index in [-0.39, 0.29) is 0 Å². The highest BCUT2D eigenvalue weighted by Gasteiger charge is 2.18. The molecule has 108 heavy (non-hydrogen) atoms. The molecule has 0 bridgehead atoms. The van der Waals surface area contributed by atoms with Crippen LogP contribution in [0.5, 0.6) is 0 Å². The Labute approximate surface area is 680 Å². The Kier molecular flexibility index (Phi) is 33.1. The first-order valence-electron chi connectivity index (χ1n) is 37.8. The van der Waals surface area contributed by atoms with Gasteiger partial charge in [-0.2, -0.15) is 0 Å². The van der Waals surface area contributed by atoms with E-state index in [2.05, 4.69) is 378 Å². The van der Waals surface area contributed by atoms with Crippen molar-refractivity contribution in [2.24, 2.45) is 0 Å². The van der Waals surface area contributed by atoms with Crippen LogP contribution in [0.4, 0.5) is 0 Å². The van der Waals surface area contributed by atoms with Crippen LogP contribution in [0.3, 0.4) is 0 Å². The molecule has 0 spiro atoms. The van der Waals surface area contributed by atoms with Crippen LogP contribution in [-0.2, 0) is 0 Å². The largest absolute Gasteiger partial charge is 0.0901 e. The van der Waals surface area contributed by atoms with E-state index in [1.807, 2.05) is 70.9 Å². The summed E-state index contributed by atoms with van der Waals surface area (Å²) in [6.07, 6.45) is 0. The molecular weight excluding hydrogens is 1420 g/mol. The molecule has 0 saturated heterocycles. The van der Waals surface area contributed by atoms with Crippen LogP contribution in [0, 0.1) is 208 Å². The van der Waals surface area contributed by atoms with Crippen LogP contribution in [0.15, 0.2) is 241 Å². The Hall–Kier alpha value is -7.26. The Morgan fingerprint density at radius 3 is 0.713 bits per heavy atom. The maximum atomic E-state index is 2.30. The van der Waals surface area contributed by atoms with Crippen LogP contribution in [0.2, 0.25) is 0 Å². The average molecular weight is 1540 g/mol. The average Bonchev–Trinajstić information content (AvgIpc) is 0.796. The summed E-state index contributed by atoms with van der Waals surface area (Å²) in [5, 5.41) is 0. The summed E-state index contributed by atoms with van der Waals surface area (Å²) in [7, 11) is 0. The number of benzene rings is 12. The van der Waals surface area contributed by atoms with E-state index in [4.69, 9.17) is 0 Å². The second-order valence-corrected chi connectivity index (χ2v) is 36.6. The summed E-state index contributed by atoms with van der Waals surface area (Å²) in [4.78, 5) is 16.5. The normalized spacial score (nSPS) is 10.7. The Morgan fingerprint density at radius 2 is 0.389 bits per heavy atom. The molecule has 564 valence electrons. The minimum absolute atomic E-state index is 1.29. The van der Waals surface area contributed by atoms with Crippen molar-refractivity contribution >= 4 is 70.6 Å². The second kappa shape index (κ2) is 40.6. The third-order valence-electron chi connectivity index (χ3n) is 20.2. The standard InChI is InChI=1S/C20H26S.C19H24S.C18H22S.C17H20S.C16H18S.C12H10S/c1-11-9-12(2)16(6)19(15(11)5)21-20-17(7)13(3)10-14(4)18(20)8;1-11-8-14(4)18(15(5)9-11)20-19-16(6)12(2)10-13(3)17(19)7;1-11-7-13(3)17(14(4)8-11)19-18-15(5)9-12(2)10-16(18)6;1-11-6-7-12(2)16(8-11)18-17-10-14(4)13(3)9-15(17)5;1-11-5-7-15(8-6-11)17-16-13(3)9-12(2)10-14(16)4;1-3-7-11(8-4-1)13-12-9-5-2-6-10-12/h9-10H,1-8H3;8-10H,1-7H3;7-10H,1-6H3;6-10H,1-5H3;5-10H,1-4H3;1-10H. The maximum absolute atomic E-state index is 2.30. The molecule has 6 heteroatoms. The van der Waals surface area contributed by atoms with Gasteiger partial charge >= 0.3 is 0 Å². The maximum Gasteiger partial charge on any atom is 0.0186 e. The monoisotopic (exact) mass is 1540 g/mol. The molecule has 0 amide bonds. The van der Waals surface area contributed by atoms with Crippen LogP contribution in [-0.4, -0.2) is 0 Å². The van der Waals surface area contributed by atoms with Gasteiger partial charge in [0.15, 0.2) is 0 Å². The van der Waals surface area contributed by atoms with Crippen LogP contribution in [0.1, 0.15) is 167 Å². The summed E-state index contributed by atoms with van der Waals surface area (Å²) in [5.74, 6) is 0. The highest BCUT2D eigenvalue weighted by Crippen LogP contribution is 2.44. The van der Waals surface area contributed by atoms with Crippen molar-refractivity contribution in [3.05, 3.63) is 349 Å². The molecule has 12 rings (SSSR count). The fourth-order valence-electron chi connectivity index (χ4n) is 13.4. The quantitative estimate of drug-likeness (QED) is 0.119. The third kappa shape index (κ3) is 24.6. The number of rotatable bonds is 12. The van der Waals surface area contributed by atoms with Crippen molar-refractivity contribution in [2.45, 2.75) is 266 Å². The van der Waals surface area contributed by atoms with Crippen molar-refractivity contribution in [2.75, 3.05) is 0 Å². The molecule has 0 saturated carbocycles. The van der Waals surface area contributed by atoms with Crippen LogP contribution < -0.4 is 0 Å². The summed E-state index contributed by atoms with van der Waals surface area (Å²) in [5.41, 5.74) is 41.3. The van der Waals surface area contributed by atoms with Gasteiger partial charge in [-0.15, -0.1) is 0 Å². The lowest BCUT2D eigenvalue weighted by Crippen LogP contribution is -1.97. The lowest BCUT2D eigenvalue weighted by Gasteiger charge is -2.19. The van der Waals surface area contributed by atoms with Crippen LogP contribution >= 0.6 is 70.6 Å². The Bertz CT molecular complexity index is 4780. The van der Waals surface area contributed by atoms with Gasteiger partial charge in [0.05, 0.1) is 0 Å². The summed E-state index contributed by atoms with van der Waals surface area (Å²) >= 11 is 11.3. The van der Waals surface area contributed by atoms with Gasteiger partial charge in [-0.3, -0.25) is 0 Å². The lowest BCUT2D eigenvalue weighted by molar-refractivity contribution is 1.10. The fraction of sp³-hybridized carbons (Fsp3) is 0.294. The minimum atomic E-state index is 1.29. The first-order valence-corrected chi connectivity index (χ1v) is 42.7. The highest BCUT2D eigenvalue weighted by molar-refractivity contribution is 8.00. The first-order chi connectivity index (χ1) is 50.9. The molecule has 0 radical (unpaired) electrons. The molecule has 0 fully saturated rings. The molecule has 0 heterocycles. The summed E-state index contributed by atoms with van der Waals surface area (Å²) < 4.78 is 0. The van der Waals surface area contributed by atoms with E-state index >= 15 is 0 Å². The van der Waals surface area contributed by atoms with E-state index in [1.165, 1.54) is 226 Å². The zero-order valence-corrected chi connectivity index (χ0v) is 75.7. The fourth-order valence-corrected chi connectivity index (χ4v) is 20.2. The smallest absolute Gasteiger partial charge is 0.0186 e. The van der Waals surface area contributed by atoms with E-state index < -0.39 is 0 Å². The first kappa shape index (κ1) is 88.0. The van der Waals surface area contributed by atoms with Crippen molar-refractivity contribution in [3.63, 3.8) is 0 Å². The topological polar surface area (TPSA) is 0 Å². The molecule has 0 atom stereocenters. The van der Waals surface area contributed by atoms with Gasteiger partial charge < -0.3 is 0 Å². The molecular formula is C102H120S6. The van der Waals surface area contributed by atoms with Gasteiger partial charge in [0.2, 0.25) is 0 Å². The molecule has 0 N–H and O–H groups in total. The van der Waals surface area contributed by atoms with Gasteiger partial charge in [0, 0.05) is 58.7 Å². The minimum Gasteiger partial charge on any atom is -0.0901 e. The van der Waals surface area contributed by atoms with Crippen molar-refractivity contribution in [1.29, 1.82) is 0 Å². The number of hydrogen-bond donors (Lipinski definition) is 0. The molecule has 0 aliphatic rings. The molecule has 0 aromatic heterocycles. The lowest BCUT2D eigenvalue weighted by atomic mass is 10.0. The van der Waals surface area contributed by atoms with Gasteiger partial charge in [-0.25, -0.2) is 0 Å². The zero-order valence-electron chi connectivity index (χ0n) is 70.8. The molecule has 12 aromatic rings. The van der Waals surface area contributed by atoms with Gasteiger partial charge in [-0.05, 0) is 395 Å². The SMILES string of the molecule is Cc1cc(C)c(C)c(Sc2c(C)c(C)cc(C)c2C)c1C.Cc1cc(C)c(Sc2c(C)c(C)cc(C)c2C)c(C)c1.Cc1cc(C)c(Sc2c(C)cc(C)cc2C)c(C)c1.Cc1ccc(C)c(Sc2cc(C)c(C)cc2C)c1.Cc1ccc(Sc2c(C)cc(C)cc2C)cc1.c1ccc(Sc2ccccc2)cc1. The Morgan fingerprint density at radius 1 is 0.139 bits per heavy atom. The van der Waals surface area contributed by atoms with E-state index in [0.29, 0.717) is 0 Å². The van der Waals surface area contributed by atoms with Crippen LogP contribution in [0.25, 0.3) is 0 Å². The Balaban J connectivity index is 0.000000181. The predicted molar refractivity (Wildman–Crippen MR) is 484 cm³/mol. The number of hydrogen-bond acceptors (Lipinski definition) is 6. The zero-order chi connectivity index (χ0) is 79.7. The molecule has 12 aromatic carbocycles.